The first-order chi connectivity index (χ1) is 16.2. The van der Waals surface area contributed by atoms with Gasteiger partial charge in [-0.05, 0) is 6.42 Å². The van der Waals surface area contributed by atoms with E-state index in [2.05, 4.69) is 53.7 Å². The van der Waals surface area contributed by atoms with Crippen LogP contribution in [-0.2, 0) is 9.09 Å². The van der Waals surface area contributed by atoms with Gasteiger partial charge in [-0.25, -0.2) is 0 Å². The van der Waals surface area contributed by atoms with Gasteiger partial charge < -0.3 is 38.1 Å². The number of hydrogen-bond acceptors (Lipinski definition) is 6. The van der Waals surface area contributed by atoms with E-state index in [-0.39, 0.29) is 19.8 Å². The number of phosphoric acid groups is 1. The molecule has 9 heteroatoms. The highest BCUT2D eigenvalue weighted by molar-refractivity contribution is 7.43. The molecule has 0 atom stereocenters. The van der Waals surface area contributed by atoms with Crippen molar-refractivity contribution in [3.8, 4) is 0 Å². The fraction of sp³-hybridized carbons (Fsp3) is 1.00. The molecule has 0 saturated carbocycles. The normalized spacial score (nSPS) is 12.0. The van der Waals surface area contributed by atoms with Crippen molar-refractivity contribution < 1.29 is 38.1 Å². The Morgan fingerprint density at radius 2 is 0.886 bits per heavy atom. The first-order valence-corrected chi connectivity index (χ1v) is 15.1. The maximum Gasteiger partial charge on any atom is 0.101 e. The molecule has 0 spiro atoms. The summed E-state index contributed by atoms with van der Waals surface area (Å²) in [6, 6.07) is 0. The molecule has 8 nitrogen and oxygen atoms in total. The van der Waals surface area contributed by atoms with Gasteiger partial charge in [0.05, 0.1) is 69.9 Å². The molecule has 0 amide bonds. The SMILES string of the molecule is CCCCCCCCCCCCCCCCOP(=O)([O-])[O-].C[N+](C)(C)CCO.C[N+](C)(C)CCO. The zero-order valence-corrected chi connectivity index (χ0v) is 25.2. The van der Waals surface area contributed by atoms with Crippen LogP contribution in [0.3, 0.4) is 0 Å². The van der Waals surface area contributed by atoms with E-state index in [0.29, 0.717) is 6.42 Å². The van der Waals surface area contributed by atoms with Crippen molar-refractivity contribution >= 4 is 7.82 Å². The van der Waals surface area contributed by atoms with Crippen LogP contribution in [0.4, 0.5) is 0 Å². The molecular formula is C26H61N2O6P. The lowest BCUT2D eigenvalue weighted by molar-refractivity contribution is -0.870. The van der Waals surface area contributed by atoms with Gasteiger partial charge >= 0.3 is 0 Å². The molecule has 0 unspecified atom stereocenters. The van der Waals surface area contributed by atoms with Crippen molar-refractivity contribution in [3.63, 3.8) is 0 Å². The molecule has 0 aliphatic carbocycles. The van der Waals surface area contributed by atoms with E-state index in [1.807, 2.05) is 0 Å². The molecule has 0 aliphatic rings. The van der Waals surface area contributed by atoms with Crippen molar-refractivity contribution in [2.75, 3.05) is 75.2 Å². The lowest BCUT2D eigenvalue weighted by Crippen LogP contribution is -2.36. The summed E-state index contributed by atoms with van der Waals surface area (Å²) < 4.78 is 16.1. The lowest BCUT2D eigenvalue weighted by atomic mass is 10.0. The highest BCUT2D eigenvalue weighted by Gasteiger charge is 2.03. The summed E-state index contributed by atoms with van der Waals surface area (Å²) >= 11 is 0. The number of rotatable bonds is 20. The third-order valence-corrected chi connectivity index (χ3v) is 5.79. The number of nitrogens with zero attached hydrogens (tertiary/aromatic N) is 2. The quantitative estimate of drug-likeness (QED) is 0.142. The summed E-state index contributed by atoms with van der Waals surface area (Å²) in [5, 5.41) is 16.8. The van der Waals surface area contributed by atoms with E-state index in [0.717, 1.165) is 34.9 Å². The van der Waals surface area contributed by atoms with E-state index >= 15 is 0 Å². The largest absolute Gasteiger partial charge is 0.790 e. The summed E-state index contributed by atoms with van der Waals surface area (Å²) in [4.78, 5) is 20.4. The number of likely N-dealkylation sites (N-methyl/N-ethyl adjacent to an activating group) is 2. The van der Waals surface area contributed by atoms with Crippen LogP contribution in [0.15, 0.2) is 0 Å². The fourth-order valence-electron chi connectivity index (χ4n) is 3.07. The number of aliphatic hydroxyl groups is 2. The first-order valence-electron chi connectivity index (χ1n) is 13.7. The molecule has 2 N–H and O–H groups in total. The molecule has 0 fully saturated rings. The second-order valence-electron chi connectivity index (χ2n) is 11.4. The second kappa shape index (κ2) is 25.6. The van der Waals surface area contributed by atoms with Crippen LogP contribution in [0.2, 0.25) is 0 Å². The Morgan fingerprint density at radius 1 is 0.600 bits per heavy atom. The molecular weight excluding hydrogens is 467 g/mol. The highest BCUT2D eigenvalue weighted by Crippen LogP contribution is 2.24. The molecule has 0 radical (unpaired) electrons. The van der Waals surface area contributed by atoms with Gasteiger partial charge in [0, 0.05) is 0 Å². The Kier molecular flexibility index (Phi) is 28.9. The van der Waals surface area contributed by atoms with Crippen LogP contribution in [0.25, 0.3) is 0 Å². The fourth-order valence-corrected chi connectivity index (χ4v) is 3.43. The Hall–Kier alpha value is -0.0500. The molecule has 0 rings (SSSR count). The van der Waals surface area contributed by atoms with Gasteiger partial charge in [0.1, 0.15) is 13.1 Å². The summed E-state index contributed by atoms with van der Waals surface area (Å²) in [5.41, 5.74) is 0. The summed E-state index contributed by atoms with van der Waals surface area (Å²) in [6.45, 7) is 4.52. The molecule has 0 saturated heterocycles. The van der Waals surface area contributed by atoms with Gasteiger partial charge in [0.25, 0.3) is 0 Å². The van der Waals surface area contributed by atoms with Gasteiger partial charge in [-0.1, -0.05) is 90.4 Å². The van der Waals surface area contributed by atoms with Crippen LogP contribution < -0.4 is 9.79 Å². The Bertz CT molecular complexity index is 446. The monoisotopic (exact) mass is 528 g/mol. The van der Waals surface area contributed by atoms with Crippen molar-refractivity contribution in [2.45, 2.75) is 96.8 Å². The zero-order chi connectivity index (χ0) is 27.6. The smallest absolute Gasteiger partial charge is 0.101 e. The maximum absolute atomic E-state index is 10.2. The van der Waals surface area contributed by atoms with Crippen LogP contribution in [0, 0.1) is 0 Å². The minimum Gasteiger partial charge on any atom is -0.790 e. The van der Waals surface area contributed by atoms with Crippen LogP contribution in [0.1, 0.15) is 96.8 Å². The average molecular weight is 529 g/mol. The Balaban J connectivity index is -0.000000594. The highest BCUT2D eigenvalue weighted by atomic mass is 31.2. The van der Waals surface area contributed by atoms with Crippen LogP contribution in [-0.4, -0.2) is 94.4 Å². The number of hydrogen-bond donors (Lipinski definition) is 2. The topological polar surface area (TPSA) is 113 Å². The van der Waals surface area contributed by atoms with Gasteiger partial charge in [0.15, 0.2) is 0 Å². The van der Waals surface area contributed by atoms with Crippen molar-refractivity contribution in [2.24, 2.45) is 0 Å². The maximum atomic E-state index is 10.2. The van der Waals surface area contributed by atoms with E-state index in [4.69, 9.17) is 10.2 Å². The van der Waals surface area contributed by atoms with Gasteiger partial charge in [-0.3, -0.25) is 0 Å². The van der Waals surface area contributed by atoms with Crippen molar-refractivity contribution in [1.29, 1.82) is 0 Å². The summed E-state index contributed by atoms with van der Waals surface area (Å²) in [6.07, 6.45) is 17.4. The van der Waals surface area contributed by atoms with Crippen molar-refractivity contribution in [1.82, 2.24) is 0 Å². The van der Waals surface area contributed by atoms with Gasteiger partial charge in [-0.15, -0.1) is 0 Å². The van der Waals surface area contributed by atoms with Crippen molar-refractivity contribution in [3.05, 3.63) is 0 Å². The number of phosphoric ester groups is 1. The minimum atomic E-state index is -4.75. The molecule has 0 heterocycles. The predicted molar refractivity (Wildman–Crippen MR) is 144 cm³/mol. The molecule has 0 bridgehead atoms. The molecule has 216 valence electrons. The zero-order valence-electron chi connectivity index (χ0n) is 24.3. The first kappa shape index (κ1) is 39.5. The lowest BCUT2D eigenvalue weighted by Gasteiger charge is -2.28. The van der Waals surface area contributed by atoms with E-state index in [1.165, 1.54) is 70.6 Å². The number of unbranched alkanes of at least 4 members (excludes halogenated alkanes) is 13. The third kappa shape index (κ3) is 51.5. The van der Waals surface area contributed by atoms with E-state index < -0.39 is 7.82 Å². The molecule has 0 aliphatic heterocycles. The minimum absolute atomic E-state index is 0.0440. The summed E-state index contributed by atoms with van der Waals surface area (Å²) in [7, 11) is 7.56. The van der Waals surface area contributed by atoms with Gasteiger partial charge in [0.2, 0.25) is 0 Å². The molecule has 0 aromatic rings. The standard InChI is InChI=1S/C16H35O4P.2C5H14NO/c1-2-3-4-5-6-7-8-9-10-11-12-13-14-15-16-20-21(17,18)19;2*1-6(2,3)4-5-7/h2-16H2,1H3,(H2,17,18,19);2*7H,4-5H2,1-3H3/q;2*+1/p-2. The Labute approximate surface area is 218 Å². The van der Waals surface area contributed by atoms with E-state index in [9.17, 15) is 14.4 Å². The Morgan fingerprint density at radius 3 is 1.09 bits per heavy atom. The van der Waals surface area contributed by atoms with Crippen LogP contribution in [0.5, 0.6) is 0 Å². The number of aliphatic hydroxyl groups excluding tert-OH is 2. The molecule has 0 aromatic carbocycles. The molecule has 35 heavy (non-hydrogen) atoms. The second-order valence-corrected chi connectivity index (χ2v) is 12.5. The van der Waals surface area contributed by atoms with Gasteiger partial charge in [-0.2, -0.15) is 0 Å². The third-order valence-electron chi connectivity index (χ3n) is 5.29. The van der Waals surface area contributed by atoms with E-state index in [1.54, 1.807) is 0 Å². The molecule has 0 aromatic heterocycles. The average Bonchev–Trinajstić information content (AvgIpc) is 2.69. The predicted octanol–water partition coefficient (Wildman–Crippen LogP) is 3.68. The number of quaternary nitrogens is 2. The summed E-state index contributed by atoms with van der Waals surface area (Å²) in [5.74, 6) is 0. The van der Waals surface area contributed by atoms with Crippen LogP contribution >= 0.6 is 7.82 Å².